The van der Waals surface area contributed by atoms with Gasteiger partial charge < -0.3 is 0 Å². The summed E-state index contributed by atoms with van der Waals surface area (Å²) >= 11 is 0. The molecule has 0 aliphatic carbocycles. The lowest BCUT2D eigenvalue weighted by Crippen LogP contribution is -2.26. The Balaban J connectivity index is 1.35. The summed E-state index contributed by atoms with van der Waals surface area (Å²) in [5.74, 6) is 1.75. The van der Waals surface area contributed by atoms with E-state index >= 15 is 0 Å². The first-order chi connectivity index (χ1) is 18.0. The monoisotopic (exact) mass is 495 g/mol. The smallest absolute Gasteiger partial charge is 0.233 e. The van der Waals surface area contributed by atoms with Crippen LogP contribution in [0.2, 0.25) is 0 Å². The Hall–Kier alpha value is -3.91. The Morgan fingerprint density at radius 3 is 2.51 bits per heavy atom. The second-order valence-electron chi connectivity index (χ2n) is 9.72. The summed E-state index contributed by atoms with van der Waals surface area (Å²) in [4.78, 5) is 26.5. The second kappa shape index (κ2) is 10.6. The number of anilines is 1. The molecular formula is C29H33N7O. The highest BCUT2D eigenvalue weighted by Crippen LogP contribution is 2.32. The van der Waals surface area contributed by atoms with E-state index in [1.54, 1.807) is 15.8 Å². The minimum absolute atomic E-state index is 0.0417. The third-order valence-corrected chi connectivity index (χ3v) is 6.93. The molecule has 1 aliphatic heterocycles. The summed E-state index contributed by atoms with van der Waals surface area (Å²) in [5, 5.41) is 8.62. The van der Waals surface area contributed by atoms with Crippen molar-refractivity contribution in [2.45, 2.75) is 53.1 Å². The van der Waals surface area contributed by atoms with Gasteiger partial charge in [-0.1, -0.05) is 69.3 Å². The summed E-state index contributed by atoms with van der Waals surface area (Å²) in [6.45, 7) is 11.8. The fourth-order valence-corrected chi connectivity index (χ4v) is 4.74. The summed E-state index contributed by atoms with van der Waals surface area (Å²) < 4.78 is 1.80. The van der Waals surface area contributed by atoms with Gasteiger partial charge in [0.05, 0.1) is 30.5 Å². The van der Waals surface area contributed by atoms with Crippen LogP contribution >= 0.6 is 0 Å². The number of hydrogen-bond acceptors (Lipinski definition) is 6. The first kappa shape index (κ1) is 24.8. The molecule has 4 aromatic rings. The predicted octanol–water partition coefficient (Wildman–Crippen LogP) is 4.78. The van der Waals surface area contributed by atoms with Crippen LogP contribution < -0.4 is 4.90 Å². The van der Waals surface area contributed by atoms with Crippen molar-refractivity contribution in [3.8, 4) is 17.1 Å². The molecular weight excluding hydrogens is 462 g/mol. The minimum atomic E-state index is 0.0417. The lowest BCUT2D eigenvalue weighted by atomic mass is 9.97. The molecule has 8 nitrogen and oxygen atoms in total. The lowest BCUT2D eigenvalue weighted by molar-refractivity contribution is -0.117. The topological polar surface area (TPSA) is 80.0 Å². The Labute approximate surface area is 218 Å². The lowest BCUT2D eigenvalue weighted by Gasteiger charge is -2.18. The van der Waals surface area contributed by atoms with Gasteiger partial charge in [0, 0.05) is 23.9 Å². The van der Waals surface area contributed by atoms with Gasteiger partial charge in [-0.05, 0) is 42.3 Å². The molecule has 0 N–H and O–H groups in total. The van der Waals surface area contributed by atoms with Crippen molar-refractivity contribution in [1.29, 1.82) is 0 Å². The highest BCUT2D eigenvalue weighted by atomic mass is 16.2. The summed E-state index contributed by atoms with van der Waals surface area (Å²) in [6, 6.07) is 16.3. The highest BCUT2D eigenvalue weighted by molar-refractivity contribution is 6.00. The van der Waals surface area contributed by atoms with Crippen molar-refractivity contribution >= 4 is 11.7 Å². The molecule has 0 bridgehead atoms. The van der Waals surface area contributed by atoms with E-state index in [2.05, 4.69) is 60.0 Å². The molecule has 1 amide bonds. The zero-order chi connectivity index (χ0) is 25.9. The molecule has 0 radical (unpaired) electrons. The molecule has 0 saturated heterocycles. The number of nitrogens with zero attached hydrogens (tertiary/aromatic N) is 7. The van der Waals surface area contributed by atoms with E-state index in [1.807, 2.05) is 42.6 Å². The van der Waals surface area contributed by atoms with Crippen LogP contribution in [0.25, 0.3) is 17.1 Å². The molecule has 0 atom stereocenters. The molecule has 3 heterocycles. The maximum Gasteiger partial charge on any atom is 0.233 e. The van der Waals surface area contributed by atoms with Gasteiger partial charge in [-0.2, -0.15) is 0 Å². The Kier molecular flexibility index (Phi) is 7.10. The first-order valence-electron chi connectivity index (χ1n) is 12.9. The minimum Gasteiger partial charge on any atom is -0.298 e. The van der Waals surface area contributed by atoms with Crippen LogP contribution in [0.3, 0.4) is 0 Å². The van der Waals surface area contributed by atoms with Crippen molar-refractivity contribution in [1.82, 2.24) is 29.9 Å². The van der Waals surface area contributed by atoms with Crippen LogP contribution in [-0.2, 0) is 24.3 Å². The average Bonchev–Trinajstić information content (AvgIpc) is 3.51. The van der Waals surface area contributed by atoms with E-state index in [1.165, 1.54) is 5.56 Å². The van der Waals surface area contributed by atoms with Crippen molar-refractivity contribution in [2.75, 3.05) is 18.0 Å². The third-order valence-electron chi connectivity index (χ3n) is 6.93. The SMILES string of the molecule is CCN(CC)Cc1cn(-c2ccc(CN3C(=O)Cc4cnc(-c5ccccc5C(C)C)nc43)cc2)nn1. The van der Waals surface area contributed by atoms with Gasteiger partial charge in [-0.3, -0.25) is 14.6 Å². The Morgan fingerprint density at radius 2 is 1.78 bits per heavy atom. The third kappa shape index (κ3) is 5.15. The van der Waals surface area contributed by atoms with Gasteiger partial charge >= 0.3 is 0 Å². The number of amides is 1. The number of carbonyl (C=O) groups excluding carboxylic acids is 1. The molecule has 0 fully saturated rings. The second-order valence-corrected chi connectivity index (χ2v) is 9.72. The van der Waals surface area contributed by atoms with Crippen LogP contribution in [0.4, 0.5) is 5.82 Å². The molecule has 190 valence electrons. The fraction of sp³-hybridized carbons (Fsp3) is 0.345. The number of rotatable bonds is 9. The number of carbonyl (C=O) groups is 1. The van der Waals surface area contributed by atoms with Crippen LogP contribution in [0.1, 0.15) is 56.0 Å². The normalized spacial score (nSPS) is 13.1. The van der Waals surface area contributed by atoms with Gasteiger partial charge in [-0.15, -0.1) is 5.10 Å². The molecule has 0 spiro atoms. The van der Waals surface area contributed by atoms with Gasteiger partial charge in [0.15, 0.2) is 5.82 Å². The van der Waals surface area contributed by atoms with Crippen LogP contribution in [0, 0.1) is 0 Å². The van der Waals surface area contributed by atoms with E-state index in [9.17, 15) is 4.79 Å². The van der Waals surface area contributed by atoms with E-state index in [-0.39, 0.29) is 5.91 Å². The number of aromatic nitrogens is 5. The van der Waals surface area contributed by atoms with Crippen LogP contribution in [-0.4, -0.2) is 48.9 Å². The molecule has 0 saturated carbocycles. The maximum absolute atomic E-state index is 12.9. The van der Waals surface area contributed by atoms with E-state index in [0.29, 0.717) is 30.5 Å². The average molecular weight is 496 g/mol. The van der Waals surface area contributed by atoms with Gasteiger partial charge in [-0.25, -0.2) is 14.6 Å². The van der Waals surface area contributed by atoms with E-state index < -0.39 is 0 Å². The van der Waals surface area contributed by atoms with Crippen molar-refractivity contribution < 1.29 is 4.79 Å². The summed E-state index contributed by atoms with van der Waals surface area (Å²) in [7, 11) is 0. The van der Waals surface area contributed by atoms with Crippen LogP contribution in [0.5, 0.6) is 0 Å². The van der Waals surface area contributed by atoms with Gasteiger partial charge in [0.1, 0.15) is 5.82 Å². The predicted molar refractivity (Wildman–Crippen MR) is 144 cm³/mol. The Morgan fingerprint density at radius 1 is 1.03 bits per heavy atom. The maximum atomic E-state index is 12.9. The highest BCUT2D eigenvalue weighted by Gasteiger charge is 2.30. The van der Waals surface area contributed by atoms with Crippen molar-refractivity contribution in [2.24, 2.45) is 0 Å². The van der Waals surface area contributed by atoms with Gasteiger partial charge in [0.25, 0.3) is 0 Å². The molecule has 8 heteroatoms. The Bertz CT molecular complexity index is 1390. The largest absolute Gasteiger partial charge is 0.298 e. The van der Waals surface area contributed by atoms with E-state index in [0.717, 1.165) is 47.7 Å². The molecule has 2 aromatic heterocycles. The molecule has 0 unspecified atom stereocenters. The first-order valence-corrected chi connectivity index (χ1v) is 12.9. The van der Waals surface area contributed by atoms with Gasteiger partial charge in [0.2, 0.25) is 5.91 Å². The van der Waals surface area contributed by atoms with Crippen LogP contribution in [0.15, 0.2) is 60.9 Å². The molecule has 2 aromatic carbocycles. The van der Waals surface area contributed by atoms with Crippen molar-refractivity contribution in [3.05, 3.63) is 83.3 Å². The summed E-state index contributed by atoms with van der Waals surface area (Å²) in [6.07, 6.45) is 4.10. The van der Waals surface area contributed by atoms with Crippen molar-refractivity contribution in [3.63, 3.8) is 0 Å². The fourth-order valence-electron chi connectivity index (χ4n) is 4.74. The number of hydrogen-bond donors (Lipinski definition) is 0. The molecule has 5 rings (SSSR count). The summed E-state index contributed by atoms with van der Waals surface area (Å²) in [5.41, 5.74) is 5.98. The standard InChI is InChI=1S/C29H33N7O/c1-5-34(6-2)18-23-19-36(33-32-23)24-13-11-21(12-14-24)17-35-27(37)15-22-16-30-28(31-29(22)35)26-10-8-7-9-25(26)20(3)4/h7-14,16,19-20H,5-6,15,17-18H2,1-4H3. The zero-order valence-corrected chi connectivity index (χ0v) is 21.9. The molecule has 37 heavy (non-hydrogen) atoms. The van der Waals surface area contributed by atoms with E-state index in [4.69, 9.17) is 4.98 Å². The number of fused-ring (bicyclic) bond motifs is 1. The zero-order valence-electron chi connectivity index (χ0n) is 21.9. The molecule has 1 aliphatic rings. The number of benzene rings is 2. The quantitative estimate of drug-likeness (QED) is 0.333.